The number of aromatic nitrogens is 2. The fourth-order valence-corrected chi connectivity index (χ4v) is 3.45. The molecule has 0 saturated carbocycles. The minimum Gasteiger partial charge on any atom is -0.268 e. The Labute approximate surface area is 126 Å². The van der Waals surface area contributed by atoms with Crippen LogP contribution in [-0.2, 0) is 0 Å². The summed E-state index contributed by atoms with van der Waals surface area (Å²) in [5, 5.41) is 3.94. The molecule has 0 amide bonds. The molecule has 4 heteroatoms. The summed E-state index contributed by atoms with van der Waals surface area (Å²) in [7, 11) is 2.07. The Bertz CT molecular complexity index is 1260. The van der Waals surface area contributed by atoms with Gasteiger partial charge in [-0.3, -0.25) is 9.20 Å². The second kappa shape index (κ2) is 3.86. The molecule has 0 aliphatic carbocycles. The van der Waals surface area contributed by atoms with Gasteiger partial charge in [0.2, 0.25) is 0 Å². The van der Waals surface area contributed by atoms with Gasteiger partial charge < -0.3 is 0 Å². The fraction of sp³-hybridized carbons (Fsp3) is 0. The average Bonchev–Trinajstić information content (AvgIpc) is 2.93. The average molecular weight is 282 g/mol. The minimum atomic E-state index is 0.00685. The van der Waals surface area contributed by atoms with E-state index in [1.165, 1.54) is 5.46 Å². The van der Waals surface area contributed by atoms with Gasteiger partial charge in [0.05, 0.1) is 11.0 Å². The van der Waals surface area contributed by atoms with Gasteiger partial charge >= 0.3 is 0 Å². The summed E-state index contributed by atoms with van der Waals surface area (Å²) in [6, 6.07) is 17.9. The smallest absolute Gasteiger partial charge is 0.264 e. The van der Waals surface area contributed by atoms with Crippen molar-refractivity contribution >= 4 is 51.5 Å². The molecule has 0 fully saturated rings. The van der Waals surface area contributed by atoms with Crippen molar-refractivity contribution in [2.45, 2.75) is 0 Å². The maximum Gasteiger partial charge on any atom is 0.264 e. The van der Waals surface area contributed by atoms with Gasteiger partial charge in [0.25, 0.3) is 5.56 Å². The highest BCUT2D eigenvalue weighted by Gasteiger charge is 2.15. The Morgan fingerprint density at radius 3 is 2.59 bits per heavy atom. The lowest BCUT2D eigenvalue weighted by Crippen LogP contribution is -2.15. The summed E-state index contributed by atoms with van der Waals surface area (Å²) >= 11 is 0. The molecule has 3 aromatic carbocycles. The van der Waals surface area contributed by atoms with Crippen LogP contribution in [0.3, 0.4) is 0 Å². The highest BCUT2D eigenvalue weighted by molar-refractivity contribution is 6.41. The molecule has 0 bridgehead atoms. The fourth-order valence-electron chi connectivity index (χ4n) is 3.45. The van der Waals surface area contributed by atoms with E-state index < -0.39 is 0 Å². The van der Waals surface area contributed by atoms with E-state index in [4.69, 9.17) is 4.98 Å². The number of benzene rings is 3. The normalized spacial score (nSPS) is 12.0. The molecule has 0 aliphatic heterocycles. The van der Waals surface area contributed by atoms with Gasteiger partial charge in [0.15, 0.2) is 0 Å². The van der Waals surface area contributed by atoms with Crippen LogP contribution in [0, 0.1) is 0 Å². The van der Waals surface area contributed by atoms with Gasteiger partial charge in [0.1, 0.15) is 13.5 Å². The van der Waals surface area contributed by atoms with E-state index in [1.807, 2.05) is 36.4 Å². The van der Waals surface area contributed by atoms with Crippen LogP contribution in [-0.4, -0.2) is 17.2 Å². The molecule has 0 spiro atoms. The molecule has 3 nitrogen and oxygen atoms in total. The van der Waals surface area contributed by atoms with Crippen LogP contribution in [0.4, 0.5) is 0 Å². The van der Waals surface area contributed by atoms with Crippen molar-refractivity contribution in [1.29, 1.82) is 0 Å². The molecule has 5 aromatic rings. The summed E-state index contributed by atoms with van der Waals surface area (Å²) in [5.74, 6) is 0. The van der Waals surface area contributed by atoms with E-state index in [0.29, 0.717) is 0 Å². The maximum atomic E-state index is 13.0. The second-order valence-electron chi connectivity index (χ2n) is 5.72. The van der Waals surface area contributed by atoms with Crippen molar-refractivity contribution in [3.05, 3.63) is 65.0 Å². The number of rotatable bonds is 0. The molecule has 2 aromatic heterocycles. The molecular weight excluding hydrogens is 271 g/mol. The molecule has 0 unspecified atom stereocenters. The summed E-state index contributed by atoms with van der Waals surface area (Å²) in [6.45, 7) is 0. The zero-order valence-electron chi connectivity index (χ0n) is 12.0. The Morgan fingerprint density at radius 1 is 0.864 bits per heavy atom. The van der Waals surface area contributed by atoms with Crippen molar-refractivity contribution < 1.29 is 0 Å². The SMILES string of the molecule is Bc1ccc2c3c1cccc3c(=O)n1c3ccccc3nc21. The summed E-state index contributed by atoms with van der Waals surface area (Å²) in [5.41, 5.74) is 3.65. The number of hydrogen-bond donors (Lipinski definition) is 0. The number of imidazole rings is 1. The van der Waals surface area contributed by atoms with E-state index in [0.717, 1.165) is 38.2 Å². The van der Waals surface area contributed by atoms with Crippen LogP contribution < -0.4 is 11.0 Å². The van der Waals surface area contributed by atoms with Gasteiger partial charge in [-0.05, 0) is 23.6 Å². The van der Waals surface area contributed by atoms with Crippen molar-refractivity contribution in [3.63, 3.8) is 0 Å². The van der Waals surface area contributed by atoms with E-state index >= 15 is 0 Å². The molecule has 2 heterocycles. The van der Waals surface area contributed by atoms with Crippen LogP contribution in [0.15, 0.2) is 59.4 Å². The molecule has 0 atom stereocenters. The molecule has 0 radical (unpaired) electrons. The lowest BCUT2D eigenvalue weighted by atomic mass is 9.88. The third kappa shape index (κ3) is 1.27. The number of pyridine rings is 1. The van der Waals surface area contributed by atoms with Gasteiger partial charge in [-0.25, -0.2) is 4.98 Å². The van der Waals surface area contributed by atoms with Crippen molar-refractivity contribution in [1.82, 2.24) is 9.38 Å². The third-order valence-electron chi connectivity index (χ3n) is 4.49. The van der Waals surface area contributed by atoms with Crippen LogP contribution in [0.2, 0.25) is 0 Å². The molecule has 0 saturated heterocycles. The van der Waals surface area contributed by atoms with Gasteiger partial charge in [-0.15, -0.1) is 0 Å². The minimum absolute atomic E-state index is 0.00685. The Balaban J connectivity index is 2.25. The molecule has 0 N–H and O–H groups in total. The highest BCUT2D eigenvalue weighted by atomic mass is 16.1. The van der Waals surface area contributed by atoms with Crippen molar-refractivity contribution in [2.75, 3.05) is 0 Å². The maximum absolute atomic E-state index is 13.0. The second-order valence-corrected chi connectivity index (χ2v) is 5.72. The van der Waals surface area contributed by atoms with E-state index in [2.05, 4.69) is 26.0 Å². The topological polar surface area (TPSA) is 34.4 Å². The summed E-state index contributed by atoms with van der Waals surface area (Å²) in [4.78, 5) is 17.7. The summed E-state index contributed by atoms with van der Waals surface area (Å²) in [6.07, 6.45) is 0. The number of hydrogen-bond acceptors (Lipinski definition) is 2. The van der Waals surface area contributed by atoms with Gasteiger partial charge in [0, 0.05) is 16.2 Å². The molecule has 5 rings (SSSR count). The van der Waals surface area contributed by atoms with Crippen LogP contribution in [0.5, 0.6) is 0 Å². The number of nitrogens with zero attached hydrogens (tertiary/aromatic N) is 2. The van der Waals surface area contributed by atoms with Crippen LogP contribution >= 0.6 is 0 Å². The Hall–Kier alpha value is -2.88. The lowest BCUT2D eigenvalue weighted by molar-refractivity contribution is 1.19. The third-order valence-corrected chi connectivity index (χ3v) is 4.49. The molecule has 0 aliphatic rings. The predicted octanol–water partition coefficient (Wildman–Crippen LogP) is 1.85. The molecular formula is C18H11BN2O. The number of fused-ring (bicyclic) bond motifs is 4. The van der Waals surface area contributed by atoms with Gasteiger partial charge in [-0.1, -0.05) is 41.9 Å². The van der Waals surface area contributed by atoms with E-state index in [1.54, 1.807) is 4.40 Å². The first-order valence-electron chi connectivity index (χ1n) is 7.30. The van der Waals surface area contributed by atoms with Crippen molar-refractivity contribution in [2.24, 2.45) is 0 Å². The first-order chi connectivity index (χ1) is 10.8. The first kappa shape index (κ1) is 11.7. The van der Waals surface area contributed by atoms with E-state index in [9.17, 15) is 4.79 Å². The first-order valence-corrected chi connectivity index (χ1v) is 7.30. The van der Waals surface area contributed by atoms with E-state index in [-0.39, 0.29) is 5.56 Å². The summed E-state index contributed by atoms with van der Waals surface area (Å²) < 4.78 is 1.74. The molecule has 102 valence electrons. The van der Waals surface area contributed by atoms with Crippen LogP contribution in [0.1, 0.15) is 0 Å². The van der Waals surface area contributed by atoms with Crippen LogP contribution in [0.25, 0.3) is 38.2 Å². The highest BCUT2D eigenvalue weighted by Crippen LogP contribution is 2.28. The zero-order chi connectivity index (χ0) is 14.8. The quantitative estimate of drug-likeness (QED) is 0.406. The van der Waals surface area contributed by atoms with Gasteiger partial charge in [-0.2, -0.15) is 0 Å². The number of para-hydroxylation sites is 2. The largest absolute Gasteiger partial charge is 0.268 e. The monoisotopic (exact) mass is 282 g/mol. The Kier molecular flexibility index (Phi) is 2.06. The molecule has 22 heavy (non-hydrogen) atoms. The zero-order valence-corrected chi connectivity index (χ0v) is 12.0. The predicted molar refractivity (Wildman–Crippen MR) is 93.3 cm³/mol. The standard InChI is InChI=1S/C18H11BN2O/c19-13-9-8-11-16-10(13)4-3-5-12(16)18(22)21-15-7-2-1-6-14(15)20-17(11)21/h1-9H,19H2. The Morgan fingerprint density at radius 2 is 1.68 bits per heavy atom. The van der Waals surface area contributed by atoms with Crippen molar-refractivity contribution in [3.8, 4) is 0 Å². The lowest BCUT2D eigenvalue weighted by Gasteiger charge is -2.09.